The summed E-state index contributed by atoms with van der Waals surface area (Å²) < 4.78 is 0. The predicted molar refractivity (Wildman–Crippen MR) is 45.6 cm³/mol. The van der Waals surface area contributed by atoms with Gasteiger partial charge < -0.3 is 0 Å². The molecule has 2 nitrogen and oxygen atoms in total. The highest BCUT2D eigenvalue weighted by molar-refractivity contribution is 5.14. The first kappa shape index (κ1) is 9.40. The molecular formula is C8H16N2. The number of nitrogens with one attached hydrogen (secondary N) is 1. The summed E-state index contributed by atoms with van der Waals surface area (Å²) in [5.41, 5.74) is 4.21. The van der Waals surface area contributed by atoms with Crippen molar-refractivity contribution in [3.63, 3.8) is 0 Å². The van der Waals surface area contributed by atoms with Gasteiger partial charge in [0.05, 0.1) is 0 Å². The molecule has 0 saturated heterocycles. The van der Waals surface area contributed by atoms with Crippen molar-refractivity contribution in [1.29, 1.82) is 0 Å². The topological polar surface area (TPSA) is 15.3 Å². The van der Waals surface area contributed by atoms with Crippen LogP contribution < -0.4 is 5.43 Å². The normalized spacial score (nSPS) is 11.2. The lowest BCUT2D eigenvalue weighted by molar-refractivity contribution is 0.304. The van der Waals surface area contributed by atoms with Gasteiger partial charge in [-0.1, -0.05) is 18.7 Å². The predicted octanol–water partition coefficient (Wildman–Crippen LogP) is 1.18. The van der Waals surface area contributed by atoms with Gasteiger partial charge in [0.2, 0.25) is 0 Å². The van der Waals surface area contributed by atoms with Gasteiger partial charge in [-0.05, 0) is 12.5 Å². The second-order valence-corrected chi connectivity index (χ2v) is 2.39. The fourth-order valence-corrected chi connectivity index (χ4v) is 0.554. The van der Waals surface area contributed by atoms with Crippen molar-refractivity contribution >= 4 is 0 Å². The zero-order valence-electron chi connectivity index (χ0n) is 7.02. The van der Waals surface area contributed by atoms with E-state index in [0.717, 1.165) is 12.1 Å². The van der Waals surface area contributed by atoms with Crippen LogP contribution in [0.2, 0.25) is 0 Å². The van der Waals surface area contributed by atoms with Gasteiger partial charge in [0.1, 0.15) is 0 Å². The van der Waals surface area contributed by atoms with Crippen LogP contribution in [0.3, 0.4) is 0 Å². The first-order chi connectivity index (χ1) is 4.66. The summed E-state index contributed by atoms with van der Waals surface area (Å²) in [6.07, 6.45) is 3.98. The highest BCUT2D eigenvalue weighted by Crippen LogP contribution is 1.88. The average Bonchev–Trinajstić information content (AvgIpc) is 1.85. The molecule has 0 spiro atoms. The number of hydrazine groups is 1. The van der Waals surface area contributed by atoms with Crippen LogP contribution in [0.4, 0.5) is 0 Å². The molecule has 0 aliphatic heterocycles. The Balaban J connectivity index is 3.40. The van der Waals surface area contributed by atoms with Crippen LogP contribution in [-0.2, 0) is 0 Å². The van der Waals surface area contributed by atoms with Crippen LogP contribution in [0.25, 0.3) is 0 Å². The minimum Gasteiger partial charge on any atom is -0.251 e. The minimum absolute atomic E-state index is 0.817. The first-order valence-electron chi connectivity index (χ1n) is 3.38. The minimum atomic E-state index is 0.817. The fraction of sp³-hybridized carbons (Fsp3) is 0.500. The molecule has 0 unspecified atom stereocenters. The van der Waals surface area contributed by atoms with Crippen molar-refractivity contribution < 1.29 is 0 Å². The molecule has 0 bridgehead atoms. The van der Waals surface area contributed by atoms with Crippen molar-refractivity contribution in [3.8, 4) is 0 Å². The number of allylic oxidation sites excluding steroid dienone is 1. The van der Waals surface area contributed by atoms with E-state index >= 15 is 0 Å². The van der Waals surface area contributed by atoms with E-state index in [0.29, 0.717) is 0 Å². The molecule has 0 aromatic carbocycles. The van der Waals surface area contributed by atoms with Gasteiger partial charge in [0, 0.05) is 20.6 Å². The molecule has 0 fully saturated rings. The van der Waals surface area contributed by atoms with Crippen molar-refractivity contribution in [2.45, 2.75) is 6.92 Å². The molecule has 0 aliphatic carbocycles. The molecule has 1 N–H and O–H groups in total. The van der Waals surface area contributed by atoms with Crippen LogP contribution in [0, 0.1) is 0 Å². The lowest BCUT2D eigenvalue weighted by atomic mass is 10.3. The van der Waals surface area contributed by atoms with E-state index in [1.165, 1.54) is 0 Å². The Bertz CT molecular complexity index is 125. The summed E-state index contributed by atoms with van der Waals surface area (Å²) in [6, 6.07) is 0. The Morgan fingerprint density at radius 3 is 2.60 bits per heavy atom. The van der Waals surface area contributed by atoms with Crippen molar-refractivity contribution in [1.82, 2.24) is 10.4 Å². The maximum atomic E-state index is 3.84. The second-order valence-electron chi connectivity index (χ2n) is 2.39. The van der Waals surface area contributed by atoms with Crippen LogP contribution in [0.15, 0.2) is 24.3 Å². The molecular weight excluding hydrogens is 124 g/mol. The molecule has 0 rings (SSSR count). The fourth-order valence-electron chi connectivity index (χ4n) is 0.554. The average molecular weight is 140 g/mol. The third kappa shape index (κ3) is 5.54. The summed E-state index contributed by atoms with van der Waals surface area (Å²) in [6.45, 7) is 6.64. The molecule has 2 heteroatoms. The van der Waals surface area contributed by atoms with Crippen LogP contribution in [0.5, 0.6) is 0 Å². The molecule has 10 heavy (non-hydrogen) atoms. The van der Waals surface area contributed by atoms with E-state index in [1.54, 1.807) is 0 Å². The third-order valence-corrected chi connectivity index (χ3v) is 1.02. The summed E-state index contributed by atoms with van der Waals surface area (Å²) in [7, 11) is 3.92. The Morgan fingerprint density at radius 1 is 1.60 bits per heavy atom. The summed E-state index contributed by atoms with van der Waals surface area (Å²) in [5, 5.41) is 1.91. The van der Waals surface area contributed by atoms with E-state index in [2.05, 4.69) is 12.0 Å². The van der Waals surface area contributed by atoms with Crippen molar-refractivity contribution in [3.05, 3.63) is 24.3 Å². The Morgan fingerprint density at radius 2 is 2.20 bits per heavy atom. The SMILES string of the molecule is C=C(C=CC)CNN(C)C. The molecule has 0 aliphatic rings. The van der Waals surface area contributed by atoms with Gasteiger partial charge in [-0.15, -0.1) is 0 Å². The Labute approximate surface area is 63.2 Å². The molecule has 0 atom stereocenters. The number of nitrogens with zero attached hydrogens (tertiary/aromatic N) is 1. The van der Waals surface area contributed by atoms with Crippen LogP contribution >= 0.6 is 0 Å². The van der Waals surface area contributed by atoms with E-state index in [9.17, 15) is 0 Å². The molecule has 0 aromatic heterocycles. The number of hydrogen-bond acceptors (Lipinski definition) is 2. The largest absolute Gasteiger partial charge is 0.251 e. The first-order valence-corrected chi connectivity index (χ1v) is 3.38. The highest BCUT2D eigenvalue weighted by Gasteiger charge is 1.87. The van der Waals surface area contributed by atoms with E-state index < -0.39 is 0 Å². The van der Waals surface area contributed by atoms with Gasteiger partial charge in [-0.3, -0.25) is 10.4 Å². The molecule has 58 valence electrons. The van der Waals surface area contributed by atoms with Gasteiger partial charge in [-0.25, -0.2) is 0 Å². The Kier molecular flexibility index (Phi) is 4.89. The zero-order valence-corrected chi connectivity index (χ0v) is 7.02. The smallest absolute Gasteiger partial charge is 0.0347 e. The van der Waals surface area contributed by atoms with Gasteiger partial charge in [0.25, 0.3) is 0 Å². The standard InChI is InChI=1S/C8H16N2/c1-5-6-8(2)7-9-10(3)4/h5-6,9H,2,7H2,1,3-4H3. The molecule has 0 saturated carbocycles. The van der Waals surface area contributed by atoms with Crippen LogP contribution in [-0.4, -0.2) is 25.6 Å². The van der Waals surface area contributed by atoms with E-state index in [-0.39, 0.29) is 0 Å². The summed E-state index contributed by atoms with van der Waals surface area (Å²) in [4.78, 5) is 0. The van der Waals surface area contributed by atoms with E-state index in [4.69, 9.17) is 0 Å². The summed E-state index contributed by atoms with van der Waals surface area (Å²) in [5.74, 6) is 0. The number of hydrogen-bond donors (Lipinski definition) is 1. The van der Waals surface area contributed by atoms with Crippen molar-refractivity contribution in [2.75, 3.05) is 20.6 Å². The van der Waals surface area contributed by atoms with Gasteiger partial charge in [0.15, 0.2) is 0 Å². The quantitative estimate of drug-likeness (QED) is 0.466. The monoisotopic (exact) mass is 140 g/mol. The van der Waals surface area contributed by atoms with Crippen molar-refractivity contribution in [2.24, 2.45) is 0 Å². The zero-order chi connectivity index (χ0) is 7.98. The molecule has 0 radical (unpaired) electrons. The van der Waals surface area contributed by atoms with E-state index in [1.807, 2.05) is 38.2 Å². The highest BCUT2D eigenvalue weighted by atomic mass is 15.5. The van der Waals surface area contributed by atoms with Gasteiger partial charge >= 0.3 is 0 Å². The number of rotatable bonds is 4. The molecule has 0 amide bonds. The molecule has 0 aromatic rings. The third-order valence-electron chi connectivity index (χ3n) is 1.02. The van der Waals surface area contributed by atoms with Crippen LogP contribution in [0.1, 0.15) is 6.92 Å². The maximum Gasteiger partial charge on any atom is 0.0347 e. The van der Waals surface area contributed by atoms with Gasteiger partial charge in [-0.2, -0.15) is 0 Å². The lowest BCUT2D eigenvalue weighted by Crippen LogP contribution is -2.31. The summed E-state index contributed by atoms with van der Waals surface area (Å²) >= 11 is 0. The Hall–Kier alpha value is -0.600. The molecule has 0 heterocycles. The maximum absolute atomic E-state index is 3.84. The second kappa shape index (κ2) is 5.21. The lowest BCUT2D eigenvalue weighted by Gasteiger charge is -2.10.